The molecular weight excluding hydrogens is 196 g/mol. The molecule has 1 N–H and O–H groups in total. The van der Waals surface area contributed by atoms with Gasteiger partial charge in [-0.3, -0.25) is 0 Å². The van der Waals surface area contributed by atoms with Crippen LogP contribution in [0.2, 0.25) is 0 Å². The molecule has 0 saturated heterocycles. The zero-order chi connectivity index (χ0) is 12.0. The van der Waals surface area contributed by atoms with E-state index in [0.717, 1.165) is 12.8 Å². The second kappa shape index (κ2) is 3.87. The van der Waals surface area contributed by atoms with E-state index in [9.17, 15) is 5.11 Å². The van der Waals surface area contributed by atoms with Crippen molar-refractivity contribution in [1.82, 2.24) is 0 Å². The van der Waals surface area contributed by atoms with Gasteiger partial charge in [-0.05, 0) is 56.3 Å². The van der Waals surface area contributed by atoms with Crippen molar-refractivity contribution < 1.29 is 5.11 Å². The van der Waals surface area contributed by atoms with Crippen molar-refractivity contribution in [2.45, 2.75) is 65.4 Å². The molecule has 0 spiro atoms. The lowest BCUT2D eigenvalue weighted by molar-refractivity contribution is -0.0883. The van der Waals surface area contributed by atoms with E-state index in [1.807, 2.05) is 0 Å². The van der Waals surface area contributed by atoms with Gasteiger partial charge in [-0.2, -0.15) is 0 Å². The van der Waals surface area contributed by atoms with Gasteiger partial charge in [0.25, 0.3) is 0 Å². The van der Waals surface area contributed by atoms with Crippen LogP contribution in [0.5, 0.6) is 0 Å². The Morgan fingerprint density at radius 1 is 1.31 bits per heavy atom. The highest BCUT2D eigenvalue weighted by molar-refractivity contribution is 5.16. The number of hydrogen-bond acceptors (Lipinski definition) is 1. The highest BCUT2D eigenvalue weighted by atomic mass is 16.3. The van der Waals surface area contributed by atoms with Crippen LogP contribution in [0.25, 0.3) is 0 Å². The van der Waals surface area contributed by atoms with E-state index in [1.165, 1.54) is 24.8 Å². The summed E-state index contributed by atoms with van der Waals surface area (Å²) in [6.07, 6.45) is 8.09. The molecule has 0 radical (unpaired) electrons. The van der Waals surface area contributed by atoms with Crippen LogP contribution in [0.4, 0.5) is 0 Å². The van der Waals surface area contributed by atoms with E-state index >= 15 is 0 Å². The molecule has 0 amide bonds. The van der Waals surface area contributed by atoms with Crippen molar-refractivity contribution in [3.63, 3.8) is 0 Å². The topological polar surface area (TPSA) is 20.2 Å². The fourth-order valence-electron chi connectivity index (χ4n) is 3.68. The third kappa shape index (κ3) is 1.84. The summed E-state index contributed by atoms with van der Waals surface area (Å²) in [6, 6.07) is 0. The molecule has 1 saturated carbocycles. The molecule has 1 fully saturated rings. The lowest BCUT2D eigenvalue weighted by atomic mass is 9.55. The number of rotatable bonds is 1. The maximum absolute atomic E-state index is 10.7. The average molecular weight is 222 g/mol. The maximum atomic E-state index is 10.7. The summed E-state index contributed by atoms with van der Waals surface area (Å²) in [5, 5.41) is 10.7. The smallest absolute Gasteiger partial charge is 0.0676 e. The van der Waals surface area contributed by atoms with Crippen LogP contribution in [-0.2, 0) is 0 Å². The minimum atomic E-state index is -0.420. The summed E-state index contributed by atoms with van der Waals surface area (Å²) < 4.78 is 0. The van der Waals surface area contributed by atoms with Gasteiger partial charge in [0, 0.05) is 0 Å². The van der Waals surface area contributed by atoms with E-state index < -0.39 is 5.60 Å². The average Bonchev–Trinajstić information content (AvgIpc) is 2.21. The van der Waals surface area contributed by atoms with Gasteiger partial charge in [-0.1, -0.05) is 32.4 Å². The molecule has 0 aromatic heterocycles. The van der Waals surface area contributed by atoms with Crippen molar-refractivity contribution >= 4 is 0 Å². The van der Waals surface area contributed by atoms with Crippen LogP contribution in [0.1, 0.15) is 59.8 Å². The monoisotopic (exact) mass is 222 g/mol. The van der Waals surface area contributed by atoms with E-state index in [2.05, 4.69) is 33.8 Å². The van der Waals surface area contributed by atoms with Gasteiger partial charge in [0.05, 0.1) is 5.60 Å². The molecule has 0 bridgehead atoms. The van der Waals surface area contributed by atoms with Crippen LogP contribution in [0.3, 0.4) is 0 Å². The van der Waals surface area contributed by atoms with E-state index in [4.69, 9.17) is 0 Å². The van der Waals surface area contributed by atoms with Crippen molar-refractivity contribution in [1.29, 1.82) is 0 Å². The number of allylic oxidation sites excluding steroid dienone is 2. The van der Waals surface area contributed by atoms with Gasteiger partial charge < -0.3 is 5.11 Å². The highest BCUT2D eigenvalue weighted by Crippen LogP contribution is 2.54. The summed E-state index contributed by atoms with van der Waals surface area (Å²) in [5.74, 6) is 0.995. The Bertz CT molecular complexity index is 305. The van der Waals surface area contributed by atoms with Crippen LogP contribution >= 0.6 is 0 Å². The first-order valence-electron chi connectivity index (χ1n) is 6.76. The third-order valence-corrected chi connectivity index (χ3v) is 5.33. The number of aliphatic hydroxyl groups is 1. The van der Waals surface area contributed by atoms with Crippen LogP contribution in [0, 0.1) is 17.3 Å². The summed E-state index contributed by atoms with van der Waals surface area (Å²) in [5.41, 5.74) is 1.56. The summed E-state index contributed by atoms with van der Waals surface area (Å²) in [4.78, 5) is 0. The molecule has 1 nitrogen and oxygen atoms in total. The molecule has 0 aromatic carbocycles. The number of hydrogen-bond donors (Lipinski definition) is 1. The third-order valence-electron chi connectivity index (χ3n) is 5.33. The van der Waals surface area contributed by atoms with E-state index in [1.54, 1.807) is 0 Å². The SMILES string of the molecule is CC1=CCCC2(C)CCC(O)(C(C)C)CC12. The Labute approximate surface area is 99.9 Å². The molecule has 3 atom stereocenters. The second-order valence-electron chi connectivity index (χ2n) is 6.66. The Morgan fingerprint density at radius 2 is 2.00 bits per heavy atom. The van der Waals surface area contributed by atoms with E-state index in [0.29, 0.717) is 17.3 Å². The molecule has 1 heteroatoms. The molecule has 0 aliphatic heterocycles. The maximum Gasteiger partial charge on any atom is 0.0676 e. The zero-order valence-electron chi connectivity index (χ0n) is 11.2. The Kier molecular flexibility index (Phi) is 2.94. The normalized spacial score (nSPS) is 44.1. The molecule has 2 aliphatic carbocycles. The van der Waals surface area contributed by atoms with E-state index in [-0.39, 0.29) is 0 Å². The molecule has 0 aromatic rings. The van der Waals surface area contributed by atoms with Crippen LogP contribution in [0.15, 0.2) is 11.6 Å². The Morgan fingerprint density at radius 3 is 2.62 bits per heavy atom. The zero-order valence-corrected chi connectivity index (χ0v) is 11.2. The quantitative estimate of drug-likeness (QED) is 0.667. The van der Waals surface area contributed by atoms with Gasteiger partial charge >= 0.3 is 0 Å². The van der Waals surface area contributed by atoms with Crippen molar-refractivity contribution in [3.05, 3.63) is 11.6 Å². The minimum Gasteiger partial charge on any atom is -0.390 e. The Balaban J connectivity index is 2.24. The first-order valence-corrected chi connectivity index (χ1v) is 6.76. The van der Waals surface area contributed by atoms with Crippen molar-refractivity contribution in [2.24, 2.45) is 17.3 Å². The van der Waals surface area contributed by atoms with Crippen molar-refractivity contribution in [3.8, 4) is 0 Å². The largest absolute Gasteiger partial charge is 0.390 e. The van der Waals surface area contributed by atoms with Gasteiger partial charge in [-0.25, -0.2) is 0 Å². The first kappa shape index (κ1) is 12.2. The summed E-state index contributed by atoms with van der Waals surface area (Å²) in [7, 11) is 0. The lowest BCUT2D eigenvalue weighted by Crippen LogP contribution is -2.48. The standard InChI is InChI=1S/C15H26O/c1-11(2)15(16)9-8-14(4)7-5-6-12(3)13(14)10-15/h6,11,13,16H,5,7-10H2,1-4H3. The molecule has 3 unspecified atom stereocenters. The molecule has 2 aliphatic rings. The summed E-state index contributed by atoms with van der Waals surface area (Å²) >= 11 is 0. The first-order chi connectivity index (χ1) is 7.37. The molecule has 92 valence electrons. The van der Waals surface area contributed by atoms with Gasteiger partial charge in [0.2, 0.25) is 0 Å². The molecule has 16 heavy (non-hydrogen) atoms. The Hall–Kier alpha value is -0.300. The van der Waals surface area contributed by atoms with Crippen LogP contribution in [-0.4, -0.2) is 10.7 Å². The number of fused-ring (bicyclic) bond motifs is 1. The predicted octanol–water partition coefficient (Wildman–Crippen LogP) is 3.92. The lowest BCUT2D eigenvalue weighted by Gasteiger charge is -2.52. The summed E-state index contributed by atoms with van der Waals surface area (Å²) in [6.45, 7) is 9.00. The van der Waals surface area contributed by atoms with Gasteiger partial charge in [0.15, 0.2) is 0 Å². The molecule has 2 rings (SSSR count). The second-order valence-corrected chi connectivity index (χ2v) is 6.66. The van der Waals surface area contributed by atoms with Crippen LogP contribution < -0.4 is 0 Å². The predicted molar refractivity (Wildman–Crippen MR) is 68.2 cm³/mol. The molecular formula is C15H26O. The van der Waals surface area contributed by atoms with Crippen molar-refractivity contribution in [2.75, 3.05) is 0 Å². The molecule has 0 heterocycles. The highest BCUT2D eigenvalue weighted by Gasteiger charge is 2.48. The fraction of sp³-hybridized carbons (Fsp3) is 0.867. The minimum absolute atomic E-state index is 0.381. The van der Waals surface area contributed by atoms with Gasteiger partial charge in [-0.15, -0.1) is 0 Å². The van der Waals surface area contributed by atoms with Gasteiger partial charge in [0.1, 0.15) is 0 Å². The fourth-order valence-corrected chi connectivity index (χ4v) is 3.68.